The zero-order valence-corrected chi connectivity index (χ0v) is 11.6. The third-order valence-electron chi connectivity index (χ3n) is 2.46. The number of Topliss-reactive ketones (excluding diaryl/α,β-unsaturated/α-hetero) is 1. The number of aryl methyl sites for hydroxylation is 2. The van der Waals surface area contributed by atoms with Crippen LogP contribution >= 0.6 is 15.9 Å². The monoisotopic (exact) mass is 288 g/mol. The van der Waals surface area contributed by atoms with E-state index in [0.29, 0.717) is 6.54 Å². The largest absolute Gasteiger partial charge is 0.383 e. The summed E-state index contributed by atoms with van der Waals surface area (Å²) in [5, 5.41) is 13.9. The summed E-state index contributed by atoms with van der Waals surface area (Å²) >= 11 is 3.42. The second kappa shape index (κ2) is 4.67. The molecule has 0 unspecified atom stereocenters. The molecule has 1 aromatic rings. The number of hydrogen-bond donors (Lipinski definition) is 1. The van der Waals surface area contributed by atoms with E-state index in [1.54, 1.807) is 4.68 Å². The topological polar surface area (TPSA) is 55.1 Å². The minimum atomic E-state index is -1.30. The second-order valence-corrected chi connectivity index (χ2v) is 5.11. The summed E-state index contributed by atoms with van der Waals surface area (Å²) in [6, 6.07) is 0. The van der Waals surface area contributed by atoms with Crippen LogP contribution in [0.1, 0.15) is 32.2 Å². The molecule has 16 heavy (non-hydrogen) atoms. The van der Waals surface area contributed by atoms with Crippen LogP contribution in [0.2, 0.25) is 0 Å². The van der Waals surface area contributed by atoms with Crippen molar-refractivity contribution in [3.8, 4) is 0 Å². The van der Waals surface area contributed by atoms with Crippen LogP contribution in [0.15, 0.2) is 4.47 Å². The van der Waals surface area contributed by atoms with E-state index in [-0.39, 0.29) is 12.2 Å². The van der Waals surface area contributed by atoms with Gasteiger partial charge in [-0.05, 0) is 43.6 Å². The highest BCUT2D eigenvalue weighted by molar-refractivity contribution is 9.10. The van der Waals surface area contributed by atoms with E-state index in [0.717, 1.165) is 15.9 Å². The molecule has 0 aliphatic heterocycles. The summed E-state index contributed by atoms with van der Waals surface area (Å²) in [4.78, 5) is 11.8. The first-order valence-corrected chi connectivity index (χ1v) is 6.04. The lowest BCUT2D eigenvalue weighted by Gasteiger charge is -2.15. The first-order valence-electron chi connectivity index (χ1n) is 5.24. The third-order valence-corrected chi connectivity index (χ3v) is 3.49. The second-order valence-electron chi connectivity index (χ2n) is 4.32. The Balaban J connectivity index is 3.01. The van der Waals surface area contributed by atoms with Crippen molar-refractivity contribution in [3.63, 3.8) is 0 Å². The number of rotatable bonds is 4. The van der Waals surface area contributed by atoms with Crippen LogP contribution < -0.4 is 0 Å². The Hall–Kier alpha value is -0.680. The Morgan fingerprint density at radius 2 is 2.12 bits per heavy atom. The van der Waals surface area contributed by atoms with Gasteiger partial charge in [-0.25, -0.2) is 0 Å². The smallest absolute Gasteiger partial charge is 0.169 e. The number of aromatic nitrogens is 2. The fourth-order valence-electron chi connectivity index (χ4n) is 1.41. The number of aliphatic hydroxyl groups is 1. The average Bonchev–Trinajstić information content (AvgIpc) is 2.44. The van der Waals surface area contributed by atoms with Crippen LogP contribution in [0.5, 0.6) is 0 Å². The number of carbonyl (C=O) groups excluding carboxylic acids is 1. The molecule has 1 heterocycles. The van der Waals surface area contributed by atoms with Crippen molar-refractivity contribution in [2.24, 2.45) is 0 Å². The fraction of sp³-hybridized carbons (Fsp3) is 0.636. The lowest BCUT2D eigenvalue weighted by Crippen LogP contribution is -2.33. The van der Waals surface area contributed by atoms with Crippen molar-refractivity contribution in [1.82, 2.24) is 9.78 Å². The molecule has 0 aliphatic carbocycles. The number of halogens is 1. The summed E-state index contributed by atoms with van der Waals surface area (Å²) < 4.78 is 2.63. The van der Waals surface area contributed by atoms with E-state index in [1.807, 2.05) is 13.8 Å². The van der Waals surface area contributed by atoms with Crippen molar-refractivity contribution in [1.29, 1.82) is 0 Å². The highest BCUT2D eigenvalue weighted by Gasteiger charge is 2.26. The molecule has 0 saturated heterocycles. The SMILES string of the molecule is CCn1nc(C)c(Br)c1CC(=O)C(C)(C)O. The minimum absolute atomic E-state index is 0.193. The molecule has 0 fully saturated rings. The molecule has 0 aromatic carbocycles. The fourth-order valence-corrected chi connectivity index (χ4v) is 1.83. The molecule has 5 heteroatoms. The van der Waals surface area contributed by atoms with Gasteiger partial charge in [0.15, 0.2) is 5.78 Å². The number of ketones is 1. The zero-order chi connectivity index (χ0) is 12.5. The first-order chi connectivity index (χ1) is 7.27. The molecule has 0 saturated carbocycles. The van der Waals surface area contributed by atoms with Crippen molar-refractivity contribution < 1.29 is 9.90 Å². The maximum Gasteiger partial charge on any atom is 0.169 e. The van der Waals surface area contributed by atoms with E-state index < -0.39 is 5.60 Å². The first kappa shape index (κ1) is 13.4. The Morgan fingerprint density at radius 3 is 2.56 bits per heavy atom. The van der Waals surface area contributed by atoms with Gasteiger partial charge in [0.05, 0.1) is 22.3 Å². The molecule has 0 amide bonds. The van der Waals surface area contributed by atoms with Crippen molar-refractivity contribution >= 4 is 21.7 Å². The van der Waals surface area contributed by atoms with Gasteiger partial charge in [0, 0.05) is 6.54 Å². The van der Waals surface area contributed by atoms with Gasteiger partial charge in [-0.3, -0.25) is 9.48 Å². The molecule has 0 bridgehead atoms. The Labute approximate surface area is 104 Å². The number of nitrogens with zero attached hydrogens (tertiary/aromatic N) is 2. The van der Waals surface area contributed by atoms with Gasteiger partial charge < -0.3 is 5.11 Å². The summed E-state index contributed by atoms with van der Waals surface area (Å²) in [6.45, 7) is 7.57. The van der Waals surface area contributed by atoms with Gasteiger partial charge in [-0.2, -0.15) is 5.10 Å². The molecule has 0 spiro atoms. The van der Waals surface area contributed by atoms with Crippen LogP contribution in [0.25, 0.3) is 0 Å². The van der Waals surface area contributed by atoms with Crippen LogP contribution in [0.3, 0.4) is 0 Å². The quantitative estimate of drug-likeness (QED) is 0.920. The molecule has 0 atom stereocenters. The molecule has 0 aliphatic rings. The lowest BCUT2D eigenvalue weighted by molar-refractivity contribution is -0.133. The molecular weight excluding hydrogens is 272 g/mol. The van der Waals surface area contributed by atoms with Crippen LogP contribution in [0.4, 0.5) is 0 Å². The molecular formula is C11H17BrN2O2. The maximum absolute atomic E-state index is 11.8. The molecule has 1 rings (SSSR count). The van der Waals surface area contributed by atoms with Gasteiger partial charge >= 0.3 is 0 Å². The minimum Gasteiger partial charge on any atom is -0.383 e. The standard InChI is InChI=1S/C11H17BrN2O2/c1-5-14-8(10(12)7(2)13-14)6-9(15)11(3,4)16/h16H,5-6H2,1-4H3. The summed E-state index contributed by atoms with van der Waals surface area (Å²) in [5.41, 5.74) is 0.392. The number of hydrogen-bond acceptors (Lipinski definition) is 3. The van der Waals surface area contributed by atoms with Gasteiger partial charge in [-0.1, -0.05) is 0 Å². The van der Waals surface area contributed by atoms with Gasteiger partial charge in [0.2, 0.25) is 0 Å². The third kappa shape index (κ3) is 2.71. The van der Waals surface area contributed by atoms with Gasteiger partial charge in [0.1, 0.15) is 5.60 Å². The van der Waals surface area contributed by atoms with Crippen molar-refractivity contribution in [2.45, 2.75) is 46.3 Å². The van der Waals surface area contributed by atoms with Crippen LogP contribution in [-0.4, -0.2) is 26.3 Å². The summed E-state index contributed by atoms with van der Waals surface area (Å²) in [6.07, 6.45) is 0.193. The van der Waals surface area contributed by atoms with E-state index in [9.17, 15) is 9.90 Å². The summed E-state index contributed by atoms with van der Waals surface area (Å²) in [7, 11) is 0. The maximum atomic E-state index is 11.8. The molecule has 90 valence electrons. The highest BCUT2D eigenvalue weighted by Crippen LogP contribution is 2.23. The average molecular weight is 289 g/mol. The molecule has 4 nitrogen and oxygen atoms in total. The predicted octanol–water partition coefficient (Wildman–Crippen LogP) is 1.86. The van der Waals surface area contributed by atoms with E-state index >= 15 is 0 Å². The van der Waals surface area contributed by atoms with Crippen molar-refractivity contribution in [3.05, 3.63) is 15.9 Å². The van der Waals surface area contributed by atoms with Crippen molar-refractivity contribution in [2.75, 3.05) is 0 Å². The number of carbonyl (C=O) groups is 1. The Morgan fingerprint density at radius 1 is 1.56 bits per heavy atom. The van der Waals surface area contributed by atoms with E-state index in [4.69, 9.17) is 0 Å². The molecule has 1 N–H and O–H groups in total. The zero-order valence-electron chi connectivity index (χ0n) is 10.0. The molecule has 0 radical (unpaired) electrons. The highest BCUT2D eigenvalue weighted by atomic mass is 79.9. The normalized spacial score (nSPS) is 11.9. The lowest BCUT2D eigenvalue weighted by atomic mass is 10.00. The van der Waals surface area contributed by atoms with Gasteiger partial charge in [0.25, 0.3) is 0 Å². The Bertz CT molecular complexity index is 405. The van der Waals surface area contributed by atoms with E-state index in [1.165, 1.54) is 13.8 Å². The predicted molar refractivity (Wildman–Crippen MR) is 65.3 cm³/mol. The van der Waals surface area contributed by atoms with Crippen LogP contribution in [0, 0.1) is 6.92 Å². The summed E-state index contributed by atoms with van der Waals surface area (Å²) in [5.74, 6) is -0.206. The van der Waals surface area contributed by atoms with Gasteiger partial charge in [-0.15, -0.1) is 0 Å². The molecule has 1 aromatic heterocycles. The Kier molecular flexibility index (Phi) is 3.91. The van der Waals surface area contributed by atoms with Crippen LogP contribution in [-0.2, 0) is 17.8 Å². The van der Waals surface area contributed by atoms with E-state index in [2.05, 4.69) is 21.0 Å².